The number of rotatable bonds is 5. The number of amides is 1. The first kappa shape index (κ1) is 19.1. The summed E-state index contributed by atoms with van der Waals surface area (Å²) in [7, 11) is 0. The van der Waals surface area contributed by atoms with Crippen molar-refractivity contribution in [3.8, 4) is 11.3 Å². The molecular weight excluding hydrogens is 352 g/mol. The van der Waals surface area contributed by atoms with E-state index in [9.17, 15) is 4.79 Å². The van der Waals surface area contributed by atoms with Gasteiger partial charge in [-0.3, -0.25) is 10.1 Å². The largest absolute Gasteiger partial charge is 0.298 e. The Hall–Kier alpha value is -2.72. The molecule has 0 fully saturated rings. The van der Waals surface area contributed by atoms with Gasteiger partial charge < -0.3 is 0 Å². The maximum absolute atomic E-state index is 12.2. The van der Waals surface area contributed by atoms with E-state index in [4.69, 9.17) is 0 Å². The maximum atomic E-state index is 12.2. The average molecular weight is 377 g/mol. The second-order valence-electron chi connectivity index (χ2n) is 6.98. The van der Waals surface area contributed by atoms with Gasteiger partial charge in [0, 0.05) is 17.0 Å². The number of nitrogens with one attached hydrogen (secondary N) is 1. The van der Waals surface area contributed by atoms with Crippen molar-refractivity contribution in [2.45, 2.75) is 33.6 Å². The van der Waals surface area contributed by atoms with Gasteiger partial charge in [0.15, 0.2) is 5.13 Å². The van der Waals surface area contributed by atoms with Crippen LogP contribution in [0.5, 0.6) is 0 Å². The normalized spacial score (nSPS) is 11.3. The second kappa shape index (κ2) is 8.31. The molecule has 0 bridgehead atoms. The first-order chi connectivity index (χ1) is 12.9. The molecule has 3 rings (SSSR count). The molecule has 0 saturated carbocycles. The van der Waals surface area contributed by atoms with E-state index >= 15 is 0 Å². The van der Waals surface area contributed by atoms with Crippen molar-refractivity contribution >= 4 is 28.5 Å². The molecule has 1 amide bonds. The van der Waals surface area contributed by atoms with Crippen molar-refractivity contribution in [2.75, 3.05) is 5.32 Å². The molecule has 2 aromatic carbocycles. The quantitative estimate of drug-likeness (QED) is 0.538. The zero-order chi connectivity index (χ0) is 19.4. The molecule has 0 aliphatic carbocycles. The van der Waals surface area contributed by atoms with Gasteiger partial charge in [-0.2, -0.15) is 0 Å². The van der Waals surface area contributed by atoms with Crippen molar-refractivity contribution in [3.05, 3.63) is 76.2 Å². The van der Waals surface area contributed by atoms with Gasteiger partial charge >= 0.3 is 0 Å². The van der Waals surface area contributed by atoms with Gasteiger partial charge in [0.2, 0.25) is 5.91 Å². The summed E-state index contributed by atoms with van der Waals surface area (Å²) < 4.78 is 0. The molecule has 27 heavy (non-hydrogen) atoms. The van der Waals surface area contributed by atoms with Crippen molar-refractivity contribution in [2.24, 2.45) is 0 Å². The van der Waals surface area contributed by atoms with Gasteiger partial charge in [-0.1, -0.05) is 50.2 Å². The molecule has 1 heterocycles. The minimum Gasteiger partial charge on any atom is -0.298 e. The topological polar surface area (TPSA) is 42.0 Å². The fourth-order valence-electron chi connectivity index (χ4n) is 2.68. The molecule has 0 atom stereocenters. The highest BCUT2D eigenvalue weighted by atomic mass is 32.1. The first-order valence-corrected chi connectivity index (χ1v) is 9.92. The van der Waals surface area contributed by atoms with E-state index < -0.39 is 0 Å². The van der Waals surface area contributed by atoms with Crippen LogP contribution in [0.4, 0.5) is 5.13 Å². The fraction of sp³-hybridized carbons (Fsp3) is 0.217. The predicted octanol–water partition coefficient (Wildman–Crippen LogP) is 6.20. The average Bonchev–Trinajstić information content (AvgIpc) is 3.11. The minimum atomic E-state index is -0.177. The van der Waals surface area contributed by atoms with Gasteiger partial charge in [-0.15, -0.1) is 11.3 Å². The Morgan fingerprint density at radius 3 is 2.48 bits per heavy atom. The third kappa shape index (κ3) is 4.92. The Bertz CT molecular complexity index is 968. The number of carbonyl (C=O) groups excluding carboxylic acids is 1. The molecule has 3 aromatic rings. The van der Waals surface area contributed by atoms with Crippen molar-refractivity contribution in [1.29, 1.82) is 0 Å². The Kier molecular flexibility index (Phi) is 5.87. The zero-order valence-electron chi connectivity index (χ0n) is 16.1. The number of nitrogens with zero attached hydrogens (tertiary/aromatic N) is 1. The van der Waals surface area contributed by atoms with Crippen LogP contribution in [0.15, 0.2) is 53.9 Å². The van der Waals surface area contributed by atoms with E-state index in [1.54, 1.807) is 6.08 Å². The van der Waals surface area contributed by atoms with Crippen LogP contribution in [0.3, 0.4) is 0 Å². The van der Waals surface area contributed by atoms with Crippen LogP contribution in [0.1, 0.15) is 42.0 Å². The van der Waals surface area contributed by atoms with Crippen LogP contribution in [-0.2, 0) is 4.79 Å². The van der Waals surface area contributed by atoms with E-state index in [1.807, 2.05) is 23.6 Å². The van der Waals surface area contributed by atoms with Crippen LogP contribution < -0.4 is 5.32 Å². The van der Waals surface area contributed by atoms with E-state index in [0.29, 0.717) is 11.0 Å². The van der Waals surface area contributed by atoms with Gasteiger partial charge in [0.05, 0.1) is 5.69 Å². The molecule has 1 N–H and O–H groups in total. The first-order valence-electron chi connectivity index (χ1n) is 9.04. The SMILES string of the molecule is Cc1ccc(-c2csc(NC(=O)/C=C/c3ccc(C(C)C)cc3)n2)cc1C. The number of hydrogen-bond acceptors (Lipinski definition) is 3. The molecule has 0 aliphatic rings. The van der Waals surface area contributed by atoms with Crippen LogP contribution in [-0.4, -0.2) is 10.9 Å². The summed E-state index contributed by atoms with van der Waals surface area (Å²) in [5.41, 5.74) is 6.73. The summed E-state index contributed by atoms with van der Waals surface area (Å²) in [6.07, 6.45) is 3.36. The highest BCUT2D eigenvalue weighted by Gasteiger charge is 2.07. The van der Waals surface area contributed by atoms with Gasteiger partial charge in [-0.05, 0) is 54.2 Å². The molecule has 0 radical (unpaired) electrons. The number of carbonyl (C=O) groups is 1. The van der Waals surface area contributed by atoms with E-state index in [0.717, 1.165) is 16.8 Å². The molecular formula is C23H24N2OS. The summed E-state index contributed by atoms with van der Waals surface area (Å²) in [5.74, 6) is 0.326. The highest BCUT2D eigenvalue weighted by molar-refractivity contribution is 7.14. The zero-order valence-corrected chi connectivity index (χ0v) is 16.9. The van der Waals surface area contributed by atoms with Crippen molar-refractivity contribution < 1.29 is 4.79 Å². The molecule has 3 nitrogen and oxygen atoms in total. The van der Waals surface area contributed by atoms with E-state index in [-0.39, 0.29) is 5.91 Å². The third-order valence-corrected chi connectivity index (χ3v) is 5.33. The Morgan fingerprint density at radius 1 is 1.07 bits per heavy atom. The van der Waals surface area contributed by atoms with E-state index in [2.05, 4.69) is 68.3 Å². The number of hydrogen-bond donors (Lipinski definition) is 1. The lowest BCUT2D eigenvalue weighted by atomic mass is 10.0. The lowest BCUT2D eigenvalue weighted by molar-refractivity contribution is -0.111. The summed E-state index contributed by atoms with van der Waals surface area (Å²) in [6, 6.07) is 14.5. The highest BCUT2D eigenvalue weighted by Crippen LogP contribution is 2.26. The molecule has 0 unspecified atom stereocenters. The van der Waals surface area contributed by atoms with Gasteiger partial charge in [-0.25, -0.2) is 4.98 Å². The summed E-state index contributed by atoms with van der Waals surface area (Å²) in [6.45, 7) is 8.51. The van der Waals surface area contributed by atoms with Crippen LogP contribution in [0, 0.1) is 13.8 Å². The molecule has 0 saturated heterocycles. The molecule has 0 spiro atoms. The number of thiazole rings is 1. The Labute approximate surface area is 164 Å². The monoisotopic (exact) mass is 376 g/mol. The molecule has 1 aromatic heterocycles. The fourth-order valence-corrected chi connectivity index (χ4v) is 3.40. The Balaban J connectivity index is 1.64. The van der Waals surface area contributed by atoms with Crippen LogP contribution in [0.25, 0.3) is 17.3 Å². The van der Waals surface area contributed by atoms with Crippen LogP contribution in [0.2, 0.25) is 0 Å². The smallest absolute Gasteiger partial charge is 0.250 e. The van der Waals surface area contributed by atoms with E-state index in [1.165, 1.54) is 28.0 Å². The standard InChI is InChI=1S/C23H24N2OS/c1-15(2)19-10-6-18(7-11-19)8-12-22(26)25-23-24-21(14-27-23)20-9-5-16(3)17(4)13-20/h5-15H,1-4H3,(H,24,25,26)/b12-8+. The predicted molar refractivity (Wildman–Crippen MR) is 115 cm³/mol. The van der Waals surface area contributed by atoms with Gasteiger partial charge in [0.1, 0.15) is 0 Å². The number of benzene rings is 2. The lowest BCUT2D eigenvalue weighted by Crippen LogP contribution is -2.07. The van der Waals surface area contributed by atoms with Crippen molar-refractivity contribution in [3.63, 3.8) is 0 Å². The number of aryl methyl sites for hydroxylation is 2. The number of aromatic nitrogens is 1. The third-order valence-electron chi connectivity index (χ3n) is 4.57. The van der Waals surface area contributed by atoms with Gasteiger partial charge in [0.25, 0.3) is 0 Å². The minimum absolute atomic E-state index is 0.177. The molecule has 138 valence electrons. The number of anilines is 1. The van der Waals surface area contributed by atoms with Crippen molar-refractivity contribution in [1.82, 2.24) is 4.98 Å². The maximum Gasteiger partial charge on any atom is 0.250 e. The summed E-state index contributed by atoms with van der Waals surface area (Å²) >= 11 is 1.43. The lowest BCUT2D eigenvalue weighted by Gasteiger charge is -2.04. The Morgan fingerprint density at radius 2 is 1.81 bits per heavy atom. The molecule has 4 heteroatoms. The second-order valence-corrected chi connectivity index (χ2v) is 7.84. The van der Waals surface area contributed by atoms with Crippen LogP contribution >= 0.6 is 11.3 Å². The molecule has 0 aliphatic heterocycles. The summed E-state index contributed by atoms with van der Waals surface area (Å²) in [4.78, 5) is 16.7. The summed E-state index contributed by atoms with van der Waals surface area (Å²) in [5, 5.41) is 5.41.